The lowest BCUT2D eigenvalue weighted by Gasteiger charge is -2.05. The second kappa shape index (κ2) is 5.63. The minimum atomic E-state index is 0.278. The summed E-state index contributed by atoms with van der Waals surface area (Å²) in [5.74, 6) is 1.88. The highest BCUT2D eigenvalue weighted by atomic mass is 32.2. The number of nitrogens with zero attached hydrogens (tertiary/aromatic N) is 6. The predicted octanol–water partition coefficient (Wildman–Crippen LogP) is 0.581. The zero-order valence-corrected chi connectivity index (χ0v) is 11.0. The van der Waals surface area contributed by atoms with Gasteiger partial charge in [-0.1, -0.05) is 18.7 Å². The van der Waals surface area contributed by atoms with E-state index in [1.165, 1.54) is 37.0 Å². The fraction of sp³-hybridized carbons (Fsp3) is 0.444. The summed E-state index contributed by atoms with van der Waals surface area (Å²) in [6.07, 6.45) is 1.47. The molecule has 0 saturated carbocycles. The lowest BCUT2D eigenvalue weighted by atomic mass is 10.6. The maximum Gasteiger partial charge on any atom is 0.264 e. The van der Waals surface area contributed by atoms with Gasteiger partial charge in [0.2, 0.25) is 16.9 Å². The maximum absolute atomic E-state index is 5.12. The van der Waals surface area contributed by atoms with Crippen molar-refractivity contribution in [3.8, 4) is 17.6 Å². The summed E-state index contributed by atoms with van der Waals surface area (Å²) >= 11 is 1.49. The van der Waals surface area contributed by atoms with Gasteiger partial charge in [-0.15, -0.1) is 15.0 Å². The molecule has 0 fully saturated rings. The molecule has 96 valence electrons. The van der Waals surface area contributed by atoms with Gasteiger partial charge in [-0.3, -0.25) is 0 Å². The zero-order valence-electron chi connectivity index (χ0n) is 10.2. The number of hydrogen-bond acceptors (Lipinski definition) is 8. The summed E-state index contributed by atoms with van der Waals surface area (Å²) in [5.41, 5.74) is 0. The molecule has 0 radical (unpaired) electrons. The summed E-state index contributed by atoms with van der Waals surface area (Å²) in [6.45, 7) is 2.01. The molecule has 0 atom stereocenters. The first-order chi connectivity index (χ1) is 8.78. The molecule has 9 heteroatoms. The Labute approximate surface area is 108 Å². The Bertz CT molecular complexity index is 532. The summed E-state index contributed by atoms with van der Waals surface area (Å²) < 4.78 is 10.1. The van der Waals surface area contributed by atoms with E-state index in [0.717, 1.165) is 5.75 Å². The van der Waals surface area contributed by atoms with Crippen LogP contribution in [0.2, 0.25) is 0 Å². The first-order valence-corrected chi connectivity index (χ1v) is 6.15. The van der Waals surface area contributed by atoms with Crippen molar-refractivity contribution in [2.75, 3.05) is 20.0 Å². The van der Waals surface area contributed by atoms with E-state index in [-0.39, 0.29) is 5.88 Å². The molecule has 0 aliphatic carbocycles. The number of aromatic nitrogens is 6. The molecule has 2 aromatic rings. The third-order valence-corrected chi connectivity index (χ3v) is 2.67. The number of rotatable bonds is 5. The number of hydrogen-bond donors (Lipinski definition) is 0. The smallest absolute Gasteiger partial charge is 0.264 e. The molecule has 0 amide bonds. The molecular weight excluding hydrogens is 256 g/mol. The second-order valence-corrected chi connectivity index (χ2v) is 4.27. The Balaban J connectivity index is 2.36. The van der Waals surface area contributed by atoms with Gasteiger partial charge >= 0.3 is 0 Å². The fourth-order valence-corrected chi connectivity index (χ4v) is 1.69. The number of tetrazole rings is 1. The molecule has 0 bridgehead atoms. The average Bonchev–Trinajstić information content (AvgIpc) is 2.87. The summed E-state index contributed by atoms with van der Waals surface area (Å²) in [4.78, 5) is 9.52. The first kappa shape index (κ1) is 12.6. The van der Waals surface area contributed by atoms with Crippen molar-refractivity contribution >= 4 is 11.8 Å². The van der Waals surface area contributed by atoms with Crippen LogP contribution >= 0.6 is 11.8 Å². The van der Waals surface area contributed by atoms with Gasteiger partial charge in [-0.2, -0.15) is 4.98 Å². The normalized spacial score (nSPS) is 10.4. The fourth-order valence-electron chi connectivity index (χ4n) is 1.20. The second-order valence-electron chi connectivity index (χ2n) is 3.04. The minimum absolute atomic E-state index is 0.278. The minimum Gasteiger partial charge on any atom is -0.480 e. The van der Waals surface area contributed by atoms with Gasteiger partial charge in [0, 0.05) is 0 Å². The SMILES string of the molecule is CCSc1nnn(-c2ncc(OC)nc2OC)n1. The van der Waals surface area contributed by atoms with Crippen molar-refractivity contribution in [2.45, 2.75) is 12.1 Å². The first-order valence-electron chi connectivity index (χ1n) is 5.16. The molecule has 0 N–H and O–H groups in total. The maximum atomic E-state index is 5.12. The van der Waals surface area contributed by atoms with Crippen LogP contribution in [0.5, 0.6) is 11.8 Å². The highest BCUT2D eigenvalue weighted by Gasteiger charge is 2.14. The van der Waals surface area contributed by atoms with Crippen LogP contribution in [0, 0.1) is 0 Å². The van der Waals surface area contributed by atoms with Gasteiger partial charge < -0.3 is 9.47 Å². The summed E-state index contributed by atoms with van der Waals surface area (Å²) in [6, 6.07) is 0. The van der Waals surface area contributed by atoms with Crippen LogP contribution in [0.4, 0.5) is 0 Å². The molecule has 0 aromatic carbocycles. The van der Waals surface area contributed by atoms with E-state index in [1.807, 2.05) is 6.92 Å². The van der Waals surface area contributed by atoms with Crippen molar-refractivity contribution in [3.05, 3.63) is 6.20 Å². The third kappa shape index (κ3) is 2.50. The topological polar surface area (TPSA) is 87.8 Å². The van der Waals surface area contributed by atoms with Crippen LogP contribution in [0.1, 0.15) is 6.92 Å². The molecule has 2 rings (SSSR count). The molecular formula is C9H12N6O2S. The highest BCUT2D eigenvalue weighted by Crippen LogP contribution is 2.20. The molecule has 2 aromatic heterocycles. The highest BCUT2D eigenvalue weighted by molar-refractivity contribution is 7.99. The van der Waals surface area contributed by atoms with Crippen LogP contribution < -0.4 is 9.47 Å². The van der Waals surface area contributed by atoms with Gasteiger partial charge in [-0.05, 0) is 11.0 Å². The van der Waals surface area contributed by atoms with Crippen molar-refractivity contribution < 1.29 is 9.47 Å². The zero-order chi connectivity index (χ0) is 13.0. The van der Waals surface area contributed by atoms with Crippen LogP contribution in [0.15, 0.2) is 11.4 Å². The largest absolute Gasteiger partial charge is 0.480 e. The Kier molecular flexibility index (Phi) is 3.92. The molecule has 0 saturated heterocycles. The number of methoxy groups -OCH3 is 2. The average molecular weight is 268 g/mol. The molecule has 0 unspecified atom stereocenters. The van der Waals surface area contributed by atoms with Crippen molar-refractivity contribution in [1.82, 2.24) is 30.2 Å². The van der Waals surface area contributed by atoms with Crippen LogP contribution in [0.3, 0.4) is 0 Å². The van der Waals surface area contributed by atoms with Gasteiger partial charge in [0.1, 0.15) is 0 Å². The van der Waals surface area contributed by atoms with E-state index in [9.17, 15) is 0 Å². The Morgan fingerprint density at radius 3 is 2.83 bits per heavy atom. The van der Waals surface area contributed by atoms with E-state index in [4.69, 9.17) is 9.47 Å². The number of thioether (sulfide) groups is 1. The molecule has 0 spiro atoms. The molecule has 8 nitrogen and oxygen atoms in total. The summed E-state index contributed by atoms with van der Waals surface area (Å²) in [7, 11) is 3.00. The molecule has 18 heavy (non-hydrogen) atoms. The van der Waals surface area contributed by atoms with E-state index >= 15 is 0 Å². The van der Waals surface area contributed by atoms with E-state index in [1.54, 1.807) is 0 Å². The predicted molar refractivity (Wildman–Crippen MR) is 64.2 cm³/mol. The van der Waals surface area contributed by atoms with Gasteiger partial charge in [-0.25, -0.2) is 4.98 Å². The Hall–Kier alpha value is -1.90. The molecule has 0 aliphatic heterocycles. The van der Waals surface area contributed by atoms with Gasteiger partial charge in [0.05, 0.1) is 20.4 Å². The molecule has 0 aliphatic rings. The van der Waals surface area contributed by atoms with Gasteiger partial charge in [0.25, 0.3) is 5.88 Å². The van der Waals surface area contributed by atoms with E-state index < -0.39 is 0 Å². The van der Waals surface area contributed by atoms with Crippen molar-refractivity contribution in [2.24, 2.45) is 0 Å². The lowest BCUT2D eigenvalue weighted by molar-refractivity contribution is 0.357. The summed E-state index contributed by atoms with van der Waals surface area (Å²) in [5, 5.41) is 12.5. The monoisotopic (exact) mass is 268 g/mol. The molecule has 2 heterocycles. The Morgan fingerprint density at radius 2 is 2.17 bits per heavy atom. The quantitative estimate of drug-likeness (QED) is 0.728. The van der Waals surface area contributed by atoms with Crippen LogP contribution in [-0.2, 0) is 0 Å². The number of ether oxygens (including phenoxy) is 2. The van der Waals surface area contributed by atoms with E-state index in [2.05, 4.69) is 25.4 Å². The third-order valence-electron chi connectivity index (χ3n) is 1.96. The Morgan fingerprint density at radius 1 is 1.33 bits per heavy atom. The lowest BCUT2D eigenvalue weighted by Crippen LogP contribution is -2.07. The van der Waals surface area contributed by atoms with Crippen LogP contribution in [0.25, 0.3) is 5.82 Å². The van der Waals surface area contributed by atoms with Crippen LogP contribution in [-0.4, -0.2) is 50.1 Å². The van der Waals surface area contributed by atoms with Crippen molar-refractivity contribution in [1.29, 1.82) is 0 Å². The standard InChI is InChI=1S/C9H12N6O2S/c1-4-18-9-12-14-15(13-9)7-8(17-3)11-6(16-2)5-10-7/h5H,4H2,1-3H3. The van der Waals surface area contributed by atoms with Crippen molar-refractivity contribution in [3.63, 3.8) is 0 Å². The van der Waals surface area contributed by atoms with E-state index in [0.29, 0.717) is 16.9 Å². The van der Waals surface area contributed by atoms with Gasteiger partial charge in [0.15, 0.2) is 0 Å².